The Morgan fingerprint density at radius 3 is 2.67 bits per heavy atom. The number of nitrogens with zero attached hydrogens (tertiary/aromatic N) is 2. The van der Waals surface area contributed by atoms with Gasteiger partial charge in [0.2, 0.25) is 0 Å². The number of alkyl carbamates (subject to hydrolysis) is 1. The molecule has 2 atom stereocenters. The first-order chi connectivity index (χ1) is 17.5. The lowest BCUT2D eigenvalue weighted by Gasteiger charge is -2.17. The maximum absolute atomic E-state index is 12.3. The van der Waals surface area contributed by atoms with E-state index in [-0.39, 0.29) is 18.9 Å². The van der Waals surface area contributed by atoms with Crippen molar-refractivity contribution in [3.8, 4) is 6.07 Å². The van der Waals surface area contributed by atoms with Gasteiger partial charge in [-0.1, -0.05) is 48.5 Å². The third-order valence-electron chi connectivity index (χ3n) is 5.92. The van der Waals surface area contributed by atoms with Gasteiger partial charge < -0.3 is 24.5 Å². The van der Waals surface area contributed by atoms with Crippen LogP contribution in [0.1, 0.15) is 28.3 Å². The van der Waals surface area contributed by atoms with E-state index in [1.165, 1.54) is 0 Å². The number of hydrogen-bond donors (Lipinski definition) is 3. The molecule has 0 spiro atoms. The fourth-order valence-corrected chi connectivity index (χ4v) is 4.06. The molecule has 1 amide bonds. The molecule has 0 fully saturated rings. The molecule has 0 aliphatic carbocycles. The van der Waals surface area contributed by atoms with Crippen molar-refractivity contribution < 1.29 is 24.0 Å². The largest absolute Gasteiger partial charge is 0.475 e. The summed E-state index contributed by atoms with van der Waals surface area (Å²) in [5.41, 5.74) is 4.12. The quantitative estimate of drug-likeness (QED) is 0.294. The van der Waals surface area contributed by atoms with Crippen molar-refractivity contribution in [3.63, 3.8) is 0 Å². The number of ether oxygens (including phenoxy) is 1. The average Bonchev–Trinajstić information content (AvgIpc) is 3.30. The van der Waals surface area contributed by atoms with Crippen LogP contribution >= 0.6 is 0 Å². The molecule has 9 heteroatoms. The zero-order valence-corrected chi connectivity index (χ0v) is 19.6. The van der Waals surface area contributed by atoms with Crippen LogP contribution in [0.5, 0.6) is 0 Å². The zero-order valence-electron chi connectivity index (χ0n) is 19.6. The van der Waals surface area contributed by atoms with Gasteiger partial charge in [-0.05, 0) is 47.7 Å². The van der Waals surface area contributed by atoms with E-state index in [1.54, 1.807) is 12.5 Å². The van der Waals surface area contributed by atoms with Crippen LogP contribution in [-0.2, 0) is 24.0 Å². The molecule has 0 saturated carbocycles. The molecule has 182 valence electrons. The van der Waals surface area contributed by atoms with Crippen LogP contribution in [0, 0.1) is 11.3 Å². The first-order valence-corrected chi connectivity index (χ1v) is 11.7. The number of hydrogen-bond acceptors (Lipinski definition) is 7. The number of para-hydroxylation sites is 1. The molecule has 36 heavy (non-hydrogen) atoms. The Kier molecular flexibility index (Phi) is 8.34. The standard InChI is InChI=1S/C27H26BN3O5/c29-17-21(24-9-3-4-12-30-24)15-20-7-5-6-19(14-20)11-13-35-27(32)31-26(28(33)34)16-22-18-36-25-10-2-1-8-23(22)25/h1-10,12,14,18,21,26,33-34H,11,13,15-16H2,(H,31,32)/t21?,26-/m0/s1. The molecular weight excluding hydrogens is 457 g/mol. The summed E-state index contributed by atoms with van der Waals surface area (Å²) in [5, 5.41) is 32.5. The number of nitrogens with one attached hydrogen (secondary N) is 1. The highest BCUT2D eigenvalue weighted by atomic mass is 16.5. The molecule has 2 aromatic heterocycles. The van der Waals surface area contributed by atoms with Gasteiger partial charge in [-0.2, -0.15) is 5.26 Å². The van der Waals surface area contributed by atoms with Crippen molar-refractivity contribution in [1.82, 2.24) is 10.3 Å². The Balaban J connectivity index is 1.29. The lowest BCUT2D eigenvalue weighted by Crippen LogP contribution is -2.48. The Morgan fingerprint density at radius 2 is 1.89 bits per heavy atom. The fourth-order valence-electron chi connectivity index (χ4n) is 4.06. The summed E-state index contributed by atoms with van der Waals surface area (Å²) in [6.07, 6.45) is 3.66. The summed E-state index contributed by atoms with van der Waals surface area (Å²) in [6, 6.07) is 23.0. The van der Waals surface area contributed by atoms with E-state index in [9.17, 15) is 20.1 Å². The van der Waals surface area contributed by atoms with Gasteiger partial charge in [0.25, 0.3) is 0 Å². The number of amides is 1. The molecule has 2 heterocycles. The van der Waals surface area contributed by atoms with Gasteiger partial charge in [0.15, 0.2) is 0 Å². The minimum atomic E-state index is -1.77. The summed E-state index contributed by atoms with van der Waals surface area (Å²) in [6.45, 7) is 0.111. The highest BCUT2D eigenvalue weighted by molar-refractivity contribution is 6.43. The first kappa shape index (κ1) is 25.0. The third-order valence-corrected chi connectivity index (χ3v) is 5.92. The fraction of sp³-hybridized carbons (Fsp3) is 0.222. The molecule has 0 saturated heterocycles. The molecule has 0 bridgehead atoms. The van der Waals surface area contributed by atoms with Crippen LogP contribution in [0.4, 0.5) is 4.79 Å². The number of pyridine rings is 1. The maximum Gasteiger partial charge on any atom is 0.475 e. The van der Waals surface area contributed by atoms with Crippen molar-refractivity contribution in [2.75, 3.05) is 6.61 Å². The number of benzene rings is 2. The predicted octanol–water partition coefficient (Wildman–Crippen LogP) is 3.57. The van der Waals surface area contributed by atoms with Crippen molar-refractivity contribution >= 4 is 24.2 Å². The number of carbonyl (C=O) groups excluding carboxylic acids is 1. The minimum absolute atomic E-state index is 0.111. The van der Waals surface area contributed by atoms with Crippen LogP contribution in [0.3, 0.4) is 0 Å². The van der Waals surface area contributed by atoms with Gasteiger partial charge in [0.1, 0.15) is 5.58 Å². The van der Waals surface area contributed by atoms with Gasteiger partial charge in [0, 0.05) is 18.0 Å². The SMILES string of the molecule is N#CC(Cc1cccc(CCOC(=O)N[C@@H](Cc2coc3ccccc23)B(O)O)c1)c1ccccn1. The summed E-state index contributed by atoms with van der Waals surface area (Å²) < 4.78 is 10.8. The van der Waals surface area contributed by atoms with Crippen LogP contribution in [0.2, 0.25) is 0 Å². The third kappa shape index (κ3) is 6.51. The van der Waals surface area contributed by atoms with Crippen molar-refractivity contribution in [2.45, 2.75) is 31.1 Å². The normalized spacial score (nSPS) is 12.5. The molecule has 1 unspecified atom stereocenters. The summed E-state index contributed by atoms with van der Waals surface area (Å²) in [5.74, 6) is -1.31. The van der Waals surface area contributed by atoms with Crippen molar-refractivity contribution in [3.05, 3.63) is 102 Å². The van der Waals surface area contributed by atoms with Gasteiger partial charge in [-0.3, -0.25) is 4.98 Å². The maximum atomic E-state index is 12.3. The van der Waals surface area contributed by atoms with Crippen molar-refractivity contribution in [2.24, 2.45) is 0 Å². The van der Waals surface area contributed by atoms with Crippen LogP contribution < -0.4 is 5.32 Å². The van der Waals surface area contributed by atoms with Gasteiger partial charge >= 0.3 is 13.2 Å². The van der Waals surface area contributed by atoms with Crippen molar-refractivity contribution in [1.29, 1.82) is 5.26 Å². The molecular formula is C27H26BN3O5. The first-order valence-electron chi connectivity index (χ1n) is 11.7. The minimum Gasteiger partial charge on any atom is -0.464 e. The van der Waals surface area contributed by atoms with Gasteiger partial charge in [-0.15, -0.1) is 0 Å². The molecule has 8 nitrogen and oxygen atoms in total. The van der Waals surface area contributed by atoms with Crippen LogP contribution in [0.25, 0.3) is 11.0 Å². The van der Waals surface area contributed by atoms with Crippen LogP contribution in [-0.4, -0.2) is 40.8 Å². The number of carbonyl (C=O) groups is 1. The number of furan rings is 1. The van der Waals surface area contributed by atoms with Gasteiger partial charge in [0.05, 0.1) is 36.5 Å². The van der Waals surface area contributed by atoms with Crippen LogP contribution in [0.15, 0.2) is 83.6 Å². The highest BCUT2D eigenvalue weighted by Crippen LogP contribution is 2.22. The smallest absolute Gasteiger partial charge is 0.464 e. The second-order valence-electron chi connectivity index (χ2n) is 8.47. The molecule has 0 aliphatic heterocycles. The molecule has 0 aliphatic rings. The van der Waals surface area contributed by atoms with E-state index in [4.69, 9.17) is 9.15 Å². The molecule has 2 aromatic carbocycles. The Morgan fingerprint density at radius 1 is 1.08 bits per heavy atom. The average molecular weight is 483 g/mol. The van der Waals surface area contributed by atoms with E-state index < -0.39 is 19.2 Å². The summed E-state index contributed by atoms with van der Waals surface area (Å²) >= 11 is 0. The van der Waals surface area contributed by atoms with Gasteiger partial charge in [-0.25, -0.2) is 4.79 Å². The lowest BCUT2D eigenvalue weighted by atomic mass is 9.76. The Hall–Kier alpha value is -4.13. The lowest BCUT2D eigenvalue weighted by molar-refractivity contribution is 0.144. The van der Waals surface area contributed by atoms with E-state index in [0.717, 1.165) is 27.8 Å². The molecule has 0 radical (unpaired) electrons. The molecule has 4 rings (SSSR count). The zero-order chi connectivity index (χ0) is 25.3. The van der Waals surface area contributed by atoms with E-state index in [1.807, 2.05) is 66.7 Å². The number of nitriles is 1. The summed E-state index contributed by atoms with van der Waals surface area (Å²) in [4.78, 5) is 16.6. The predicted molar refractivity (Wildman–Crippen MR) is 135 cm³/mol. The molecule has 4 aromatic rings. The number of aromatic nitrogens is 1. The second kappa shape index (κ2) is 12.0. The molecule has 3 N–H and O–H groups in total. The second-order valence-corrected chi connectivity index (χ2v) is 8.47. The van der Waals surface area contributed by atoms with E-state index >= 15 is 0 Å². The monoisotopic (exact) mass is 483 g/mol. The Labute approximate surface area is 209 Å². The summed E-state index contributed by atoms with van der Waals surface area (Å²) in [7, 11) is -1.77. The van der Waals surface area contributed by atoms with E-state index in [0.29, 0.717) is 18.4 Å². The van der Waals surface area contributed by atoms with E-state index in [2.05, 4.69) is 16.4 Å². The number of fused-ring (bicyclic) bond motifs is 1. The Bertz CT molecular complexity index is 1340. The highest BCUT2D eigenvalue weighted by Gasteiger charge is 2.27. The topological polar surface area (TPSA) is 129 Å². The number of rotatable bonds is 10.